The Morgan fingerprint density at radius 1 is 0.771 bits per heavy atom. The Hall–Kier alpha value is -3.07. The lowest BCUT2D eigenvalue weighted by atomic mass is 9.88. The van der Waals surface area contributed by atoms with Crippen LogP contribution in [0.25, 0.3) is 0 Å². The van der Waals surface area contributed by atoms with Gasteiger partial charge < -0.3 is 26.6 Å². The number of aldehydes is 1. The molecule has 0 heterocycles. The molecule has 0 fully saturated rings. The fourth-order valence-corrected chi connectivity index (χ4v) is 4.49. The van der Waals surface area contributed by atoms with Gasteiger partial charge in [-0.15, -0.1) is 0 Å². The van der Waals surface area contributed by atoms with Crippen LogP contribution in [0.3, 0.4) is 0 Å². The van der Waals surface area contributed by atoms with E-state index in [1.165, 1.54) is 17.3 Å². The quantitative estimate of drug-likeness (QED) is 0.0479. The molecule has 0 saturated carbocycles. The topological polar surface area (TPSA) is 137 Å². The van der Waals surface area contributed by atoms with Crippen LogP contribution in [0.1, 0.15) is 124 Å². The third-order valence-corrected chi connectivity index (χ3v) is 7.76. The molecule has 0 atom stereocenters. The van der Waals surface area contributed by atoms with Crippen molar-refractivity contribution in [1.82, 2.24) is 10.6 Å². The van der Waals surface area contributed by atoms with Gasteiger partial charge in [-0.25, -0.2) is 4.79 Å². The molecule has 0 unspecified atom stereocenters. The van der Waals surface area contributed by atoms with Crippen LogP contribution in [-0.2, 0) is 17.6 Å². The Morgan fingerprint density at radius 2 is 1.21 bits per heavy atom. The van der Waals surface area contributed by atoms with Gasteiger partial charge >= 0.3 is 6.03 Å². The Labute approximate surface area is 307 Å². The number of aliphatic imine (C=N–C) groups is 1. The zero-order chi connectivity index (χ0) is 43.1. The van der Waals surface area contributed by atoms with Crippen molar-refractivity contribution in [3.63, 3.8) is 0 Å². The lowest BCUT2D eigenvalue weighted by Crippen LogP contribution is -2.36. The molecular formula is C40H80N4O4. The number of nitrogens with two attached hydrogens (primary N) is 1. The fourth-order valence-electron chi connectivity index (χ4n) is 4.49. The molecule has 0 aliphatic heterocycles. The first kappa shape index (κ1) is 39.4. The van der Waals surface area contributed by atoms with Crippen molar-refractivity contribution in [2.45, 2.75) is 112 Å². The number of hydrogen-bond acceptors (Lipinski definition) is 6. The van der Waals surface area contributed by atoms with Crippen molar-refractivity contribution in [3.8, 4) is 0 Å². The number of aliphatic hydroxyl groups excluding tert-OH is 2. The normalized spacial score (nSPS) is 11.6. The minimum atomic E-state index is -0.0777. The molecule has 8 heteroatoms. The van der Waals surface area contributed by atoms with Gasteiger partial charge in [0.05, 0.1) is 6.21 Å². The SMILES string of the molecule is C.CC(C)(CO)CCCCN.CC(C)(CO)CCCCNC(=O)NCCCCc1ccccc1.O=CC=NCCCCc1ccccc1.[2H][2H].[2H][2H].[2H][2H].[2H][2H].[HH]. The van der Waals surface area contributed by atoms with E-state index in [1.807, 2.05) is 12.1 Å². The monoisotopic (exact) mass is 689 g/mol. The lowest BCUT2D eigenvalue weighted by molar-refractivity contribution is -0.102. The minimum Gasteiger partial charge on any atom is -0.396 e. The van der Waals surface area contributed by atoms with E-state index in [9.17, 15) is 14.7 Å². The highest BCUT2D eigenvalue weighted by Gasteiger charge is 2.15. The van der Waals surface area contributed by atoms with Crippen LogP contribution in [-0.4, -0.2) is 68.1 Å². The maximum absolute atomic E-state index is 11.6. The number of carbonyl (C=O) groups is 2. The summed E-state index contributed by atoms with van der Waals surface area (Å²) in [6.07, 6.45) is 14.7. The average molecular weight is 689 g/mol. The van der Waals surface area contributed by atoms with E-state index in [0.29, 0.717) is 6.54 Å². The zero-order valence-electron chi connectivity index (χ0n) is 37.9. The highest BCUT2D eigenvalue weighted by molar-refractivity contribution is 6.12. The number of hydrogen-bond donors (Lipinski definition) is 5. The summed E-state index contributed by atoms with van der Waals surface area (Å²) >= 11 is 0. The molecule has 0 aliphatic rings. The van der Waals surface area contributed by atoms with Gasteiger partial charge in [0.15, 0.2) is 6.29 Å². The van der Waals surface area contributed by atoms with Crippen LogP contribution in [0, 0.1) is 10.8 Å². The third kappa shape index (κ3) is 30.3. The van der Waals surface area contributed by atoms with Gasteiger partial charge in [0.1, 0.15) is 0 Å². The predicted molar refractivity (Wildman–Crippen MR) is 215 cm³/mol. The smallest absolute Gasteiger partial charge is 0.314 e. The van der Waals surface area contributed by atoms with Gasteiger partial charge in [-0.05, 0) is 92.7 Å². The molecule has 0 bridgehead atoms. The number of nitrogens with zero attached hydrogens (tertiary/aromatic N) is 1. The minimum absolute atomic E-state index is 0. The molecule has 284 valence electrons. The van der Waals surface area contributed by atoms with Crippen LogP contribution in [0.15, 0.2) is 65.7 Å². The van der Waals surface area contributed by atoms with Gasteiger partial charge in [0.25, 0.3) is 0 Å². The van der Waals surface area contributed by atoms with E-state index in [2.05, 4.69) is 91.9 Å². The first-order valence-electron chi connectivity index (χ1n) is 21.5. The molecule has 2 aromatic rings. The number of benzene rings is 2. The van der Waals surface area contributed by atoms with Crippen LogP contribution < -0.4 is 16.4 Å². The second kappa shape index (κ2) is 31.2. The second-order valence-corrected chi connectivity index (χ2v) is 13.6. The summed E-state index contributed by atoms with van der Waals surface area (Å²) in [5, 5.41) is 23.8. The van der Waals surface area contributed by atoms with E-state index >= 15 is 0 Å². The summed E-state index contributed by atoms with van der Waals surface area (Å²) in [5.41, 5.74) is 8.13. The zero-order valence-corrected chi connectivity index (χ0v) is 29.9. The average Bonchev–Trinajstić information content (AvgIpc) is 3.23. The number of carbonyl (C=O) groups excluding carboxylic acids is 2. The molecule has 0 radical (unpaired) electrons. The number of unbranched alkanes of at least 4 members (excludes halogenated alkanes) is 4. The number of rotatable bonds is 22. The van der Waals surface area contributed by atoms with Crippen molar-refractivity contribution in [2.24, 2.45) is 21.6 Å². The number of nitrogens with one attached hydrogen (secondary N) is 2. The summed E-state index contributed by atoms with van der Waals surface area (Å²) < 4.78 is 40.0. The first-order valence-corrected chi connectivity index (χ1v) is 17.5. The molecule has 0 aliphatic carbocycles. The molecule has 2 rings (SSSR count). The van der Waals surface area contributed by atoms with Gasteiger partial charge in [-0.2, -0.15) is 0 Å². The first-order chi connectivity index (χ1) is 26.6. The molecule has 0 aromatic heterocycles. The van der Waals surface area contributed by atoms with Crippen LogP contribution in [0.2, 0.25) is 0 Å². The number of urea groups is 1. The van der Waals surface area contributed by atoms with E-state index in [1.54, 1.807) is 0 Å². The molecule has 0 spiro atoms. The molecule has 6 N–H and O–H groups in total. The third-order valence-electron chi connectivity index (χ3n) is 7.76. The van der Waals surface area contributed by atoms with Crippen LogP contribution >= 0.6 is 0 Å². The van der Waals surface area contributed by atoms with Crippen molar-refractivity contribution < 1.29 is 33.1 Å². The van der Waals surface area contributed by atoms with E-state index in [4.69, 9.17) is 22.7 Å². The van der Waals surface area contributed by atoms with E-state index in [0.717, 1.165) is 103 Å². The van der Waals surface area contributed by atoms with Gasteiger partial charge in [0, 0.05) is 46.2 Å². The molecular weight excluding hydrogens is 600 g/mol. The number of aliphatic hydroxyl groups is 2. The summed E-state index contributed by atoms with van der Waals surface area (Å²) in [5.74, 6) is 0. The van der Waals surface area contributed by atoms with Gasteiger partial charge in [0.2, 0.25) is 0 Å². The predicted octanol–water partition coefficient (Wildman–Crippen LogP) is 8.78. The summed E-state index contributed by atoms with van der Waals surface area (Å²) in [6.45, 7) is 11.7. The van der Waals surface area contributed by atoms with Crippen molar-refractivity contribution in [1.29, 1.82) is 0 Å². The highest BCUT2D eigenvalue weighted by Crippen LogP contribution is 2.22. The Balaban J connectivity index is -0.000000127. The summed E-state index contributed by atoms with van der Waals surface area (Å²) in [7, 11) is 0. The Bertz CT molecular complexity index is 1070. The highest BCUT2D eigenvalue weighted by atomic mass is 16.3. The molecule has 2 amide bonds. The van der Waals surface area contributed by atoms with Crippen LogP contribution in [0.5, 0.6) is 0 Å². The van der Waals surface area contributed by atoms with Crippen molar-refractivity contribution in [2.75, 3.05) is 39.4 Å². The second-order valence-electron chi connectivity index (χ2n) is 13.6. The summed E-state index contributed by atoms with van der Waals surface area (Å²) in [4.78, 5) is 25.5. The molecule has 48 heavy (non-hydrogen) atoms. The van der Waals surface area contributed by atoms with Crippen LogP contribution in [0.4, 0.5) is 4.79 Å². The van der Waals surface area contributed by atoms with E-state index in [-0.39, 0.29) is 38.9 Å². The molecule has 0 saturated heterocycles. The Morgan fingerprint density at radius 3 is 1.65 bits per heavy atom. The summed E-state index contributed by atoms with van der Waals surface area (Å²) in [6, 6.07) is 20.7. The Kier molecular flexibility index (Phi) is 25.6. The van der Waals surface area contributed by atoms with Gasteiger partial charge in [-0.1, -0.05) is 109 Å². The number of aryl methyl sites for hydroxylation is 2. The number of amides is 2. The van der Waals surface area contributed by atoms with E-state index < -0.39 is 0 Å². The maximum Gasteiger partial charge on any atom is 0.314 e. The van der Waals surface area contributed by atoms with Gasteiger partial charge in [-0.3, -0.25) is 9.79 Å². The molecule has 8 nitrogen and oxygen atoms in total. The van der Waals surface area contributed by atoms with Crippen molar-refractivity contribution >= 4 is 18.5 Å². The molecule has 2 aromatic carbocycles. The largest absolute Gasteiger partial charge is 0.396 e. The van der Waals surface area contributed by atoms with Crippen molar-refractivity contribution in [3.05, 3.63) is 71.8 Å². The standard InChI is InChI=1S/C19H32N2O2.C12H15NO.C8H19NO.CH4.5H2/c1-19(2,16-22)13-7-9-15-21-18(23)20-14-8-6-12-17-10-4-3-5-11-17;14-11-10-13-9-5-4-8-12-6-2-1-3-7-12;1-8(2,7-10)5-3-4-6-9;;;;;;/h3-5,10-11,22H,6-9,12-16H2,1-2H3,(H2,20,21,23);1-3,6-7,10-11H,4-5,8-9H2;10H,3-7,9H2,1-2H3;1H4;5*1H/i;;;;4*1+1D;. The maximum atomic E-state index is 11.6. The fraction of sp³-hybridized carbons (Fsp3) is 0.625. The lowest BCUT2D eigenvalue weighted by Gasteiger charge is -2.21.